The van der Waals surface area contributed by atoms with E-state index < -0.39 is 5.97 Å². The molecule has 0 spiro atoms. The summed E-state index contributed by atoms with van der Waals surface area (Å²) in [5.74, 6) is -0.525. The molecule has 0 aliphatic heterocycles. The minimum Gasteiger partial charge on any atom is -0.460 e. The molecule has 0 fully saturated rings. The van der Waals surface area contributed by atoms with E-state index in [1.807, 2.05) is 0 Å². The van der Waals surface area contributed by atoms with Crippen LogP contribution in [0.4, 0.5) is 5.69 Å². The molecule has 1 rings (SSSR count). The van der Waals surface area contributed by atoms with Crippen LogP contribution in [0.15, 0.2) is 18.2 Å². The molecule has 0 radical (unpaired) electrons. The van der Waals surface area contributed by atoms with Crippen molar-refractivity contribution in [1.29, 1.82) is 0 Å². The third-order valence-corrected chi connectivity index (χ3v) is 2.22. The smallest absolute Gasteiger partial charge is 0.339 e. The van der Waals surface area contributed by atoms with Gasteiger partial charge in [0.25, 0.3) is 0 Å². The number of hydrogen-bond donors (Lipinski definition) is 2. The van der Waals surface area contributed by atoms with E-state index in [9.17, 15) is 4.79 Å². The van der Waals surface area contributed by atoms with Gasteiger partial charge in [-0.15, -0.1) is 0 Å². The highest BCUT2D eigenvalue weighted by Crippen LogP contribution is 2.19. The van der Waals surface area contributed by atoms with E-state index in [4.69, 9.17) is 31.9 Å². The molecule has 0 aromatic heterocycles. The van der Waals surface area contributed by atoms with Gasteiger partial charge in [0, 0.05) is 5.69 Å². The van der Waals surface area contributed by atoms with Crippen LogP contribution in [0.1, 0.15) is 10.4 Å². The van der Waals surface area contributed by atoms with Crippen molar-refractivity contribution in [2.75, 3.05) is 32.2 Å². The summed E-state index contributed by atoms with van der Waals surface area (Å²) < 4.78 is 9.86. The number of benzene rings is 1. The molecule has 1 aromatic carbocycles. The predicted molar refractivity (Wildman–Crippen MR) is 64.1 cm³/mol. The summed E-state index contributed by atoms with van der Waals surface area (Å²) in [4.78, 5) is 11.6. The van der Waals surface area contributed by atoms with Gasteiger partial charge in [-0.2, -0.15) is 0 Å². The van der Waals surface area contributed by atoms with Gasteiger partial charge in [-0.1, -0.05) is 11.6 Å². The lowest BCUT2D eigenvalue weighted by Crippen LogP contribution is -2.12. The van der Waals surface area contributed by atoms with Crippen LogP contribution < -0.4 is 5.73 Å². The SMILES string of the molecule is Nc1ccc(C(=O)OCCOCCO)c(Cl)c1. The number of carbonyl (C=O) groups excluding carboxylic acids is 1. The summed E-state index contributed by atoms with van der Waals surface area (Å²) in [5.41, 5.74) is 6.25. The van der Waals surface area contributed by atoms with Crippen molar-refractivity contribution in [2.45, 2.75) is 0 Å². The fourth-order valence-corrected chi connectivity index (χ4v) is 1.40. The molecule has 6 heteroatoms. The highest BCUT2D eigenvalue weighted by Gasteiger charge is 2.11. The topological polar surface area (TPSA) is 81.8 Å². The predicted octanol–water partition coefficient (Wildman–Crippen LogP) is 1.09. The van der Waals surface area contributed by atoms with Gasteiger partial charge < -0.3 is 20.3 Å². The maximum atomic E-state index is 11.6. The van der Waals surface area contributed by atoms with Gasteiger partial charge in [-0.3, -0.25) is 0 Å². The quantitative estimate of drug-likeness (QED) is 0.454. The number of aliphatic hydroxyl groups is 1. The maximum absolute atomic E-state index is 11.6. The maximum Gasteiger partial charge on any atom is 0.339 e. The van der Waals surface area contributed by atoms with Crippen LogP contribution in [0.3, 0.4) is 0 Å². The Balaban J connectivity index is 2.42. The van der Waals surface area contributed by atoms with Crippen LogP contribution >= 0.6 is 11.6 Å². The van der Waals surface area contributed by atoms with E-state index in [1.54, 1.807) is 6.07 Å². The van der Waals surface area contributed by atoms with Crippen molar-refractivity contribution in [3.05, 3.63) is 28.8 Å². The lowest BCUT2D eigenvalue weighted by atomic mass is 10.2. The Kier molecular flexibility index (Phi) is 5.76. The first-order valence-corrected chi connectivity index (χ1v) is 5.43. The Morgan fingerprint density at radius 1 is 1.35 bits per heavy atom. The van der Waals surface area contributed by atoms with Crippen LogP contribution in [-0.2, 0) is 9.47 Å². The van der Waals surface area contributed by atoms with E-state index in [0.717, 1.165) is 0 Å². The molecular weight excluding hydrogens is 246 g/mol. The minimum absolute atomic E-state index is 0.0578. The molecule has 94 valence electrons. The van der Waals surface area contributed by atoms with Crippen molar-refractivity contribution in [3.8, 4) is 0 Å². The van der Waals surface area contributed by atoms with Crippen LogP contribution in [0.25, 0.3) is 0 Å². The van der Waals surface area contributed by atoms with Crippen molar-refractivity contribution >= 4 is 23.3 Å². The number of rotatable bonds is 6. The van der Waals surface area contributed by atoms with Crippen molar-refractivity contribution in [1.82, 2.24) is 0 Å². The summed E-state index contributed by atoms with van der Waals surface area (Å²) in [6.07, 6.45) is 0. The van der Waals surface area contributed by atoms with Crippen LogP contribution in [0.2, 0.25) is 5.02 Å². The first kappa shape index (κ1) is 13.8. The van der Waals surface area contributed by atoms with Gasteiger partial charge in [-0.25, -0.2) is 4.79 Å². The van der Waals surface area contributed by atoms with Gasteiger partial charge in [-0.05, 0) is 18.2 Å². The number of anilines is 1. The van der Waals surface area contributed by atoms with E-state index >= 15 is 0 Å². The molecule has 0 aliphatic rings. The van der Waals surface area contributed by atoms with Gasteiger partial charge in [0.2, 0.25) is 0 Å². The monoisotopic (exact) mass is 259 g/mol. The Hall–Kier alpha value is -1.30. The van der Waals surface area contributed by atoms with E-state index in [2.05, 4.69) is 0 Å². The summed E-state index contributed by atoms with van der Waals surface area (Å²) >= 11 is 5.84. The Morgan fingerprint density at radius 3 is 2.76 bits per heavy atom. The Bertz CT molecular complexity index is 384. The van der Waals surface area contributed by atoms with Gasteiger partial charge in [0.05, 0.1) is 30.4 Å². The molecule has 0 saturated carbocycles. The third-order valence-electron chi connectivity index (χ3n) is 1.91. The number of carbonyl (C=O) groups is 1. The van der Waals surface area contributed by atoms with Crippen molar-refractivity contribution in [3.63, 3.8) is 0 Å². The first-order valence-electron chi connectivity index (χ1n) is 5.06. The zero-order chi connectivity index (χ0) is 12.7. The highest BCUT2D eigenvalue weighted by atomic mass is 35.5. The fraction of sp³-hybridized carbons (Fsp3) is 0.364. The van der Waals surface area contributed by atoms with E-state index in [0.29, 0.717) is 5.69 Å². The summed E-state index contributed by atoms with van der Waals surface area (Å²) in [5, 5.41) is 8.71. The molecular formula is C11H14ClNO4. The average Bonchev–Trinajstić information content (AvgIpc) is 2.28. The summed E-state index contributed by atoms with van der Waals surface area (Å²) in [6, 6.07) is 4.57. The number of nitrogens with two attached hydrogens (primary N) is 1. The molecule has 1 aromatic rings. The molecule has 0 heterocycles. The van der Waals surface area contributed by atoms with Gasteiger partial charge in [0.15, 0.2) is 0 Å². The average molecular weight is 260 g/mol. The largest absolute Gasteiger partial charge is 0.460 e. The fourth-order valence-electron chi connectivity index (χ4n) is 1.13. The number of esters is 1. The molecule has 0 bridgehead atoms. The molecule has 0 atom stereocenters. The summed E-state index contributed by atoms with van der Waals surface area (Å²) in [6.45, 7) is 0.510. The number of aliphatic hydroxyl groups excluding tert-OH is 1. The second-order valence-corrected chi connectivity index (χ2v) is 3.62. The van der Waals surface area contributed by atoms with Gasteiger partial charge in [0.1, 0.15) is 6.61 Å². The number of ether oxygens (including phenoxy) is 2. The Labute approximate surface area is 104 Å². The molecule has 5 nitrogen and oxygen atoms in total. The number of hydrogen-bond acceptors (Lipinski definition) is 5. The summed E-state index contributed by atoms with van der Waals surface area (Å²) in [7, 11) is 0. The first-order chi connectivity index (χ1) is 8.15. The standard InChI is InChI=1S/C11H14ClNO4/c12-10-7-8(13)1-2-9(10)11(15)17-6-5-16-4-3-14/h1-2,7,14H,3-6,13H2. The number of halogens is 1. The van der Waals surface area contributed by atoms with E-state index in [1.165, 1.54) is 12.1 Å². The van der Waals surface area contributed by atoms with E-state index in [-0.39, 0.29) is 37.0 Å². The van der Waals surface area contributed by atoms with Gasteiger partial charge >= 0.3 is 5.97 Å². The van der Waals surface area contributed by atoms with Crippen LogP contribution in [-0.4, -0.2) is 37.5 Å². The lowest BCUT2D eigenvalue weighted by molar-refractivity contribution is 0.0258. The molecule has 0 unspecified atom stereocenters. The number of nitrogen functional groups attached to an aromatic ring is 1. The molecule has 0 saturated heterocycles. The lowest BCUT2D eigenvalue weighted by Gasteiger charge is -2.07. The zero-order valence-electron chi connectivity index (χ0n) is 9.19. The molecule has 0 amide bonds. The van der Waals surface area contributed by atoms with Crippen LogP contribution in [0.5, 0.6) is 0 Å². The highest BCUT2D eigenvalue weighted by molar-refractivity contribution is 6.33. The molecule has 17 heavy (non-hydrogen) atoms. The van der Waals surface area contributed by atoms with Crippen molar-refractivity contribution < 1.29 is 19.4 Å². The minimum atomic E-state index is -0.525. The third kappa shape index (κ3) is 4.60. The Morgan fingerprint density at radius 2 is 2.12 bits per heavy atom. The molecule has 0 aliphatic carbocycles. The zero-order valence-corrected chi connectivity index (χ0v) is 9.94. The van der Waals surface area contributed by atoms with Crippen LogP contribution in [0, 0.1) is 0 Å². The van der Waals surface area contributed by atoms with Crippen molar-refractivity contribution in [2.24, 2.45) is 0 Å². The second kappa shape index (κ2) is 7.11. The molecule has 3 N–H and O–H groups in total. The second-order valence-electron chi connectivity index (χ2n) is 3.21. The normalized spacial score (nSPS) is 10.2.